The zero-order valence-electron chi connectivity index (χ0n) is 9.89. The van der Waals surface area contributed by atoms with Crippen LogP contribution in [0, 0.1) is 11.6 Å². The lowest BCUT2D eigenvalue weighted by Crippen LogP contribution is -2.23. The minimum absolute atomic E-state index is 0.00875. The van der Waals surface area contributed by atoms with Crippen LogP contribution in [-0.2, 0) is 0 Å². The zero-order valence-corrected chi connectivity index (χ0v) is 9.89. The number of hydrogen-bond donors (Lipinski definition) is 1. The molecule has 0 heterocycles. The molecule has 0 amide bonds. The Balaban J connectivity index is 2.82. The molecule has 0 spiro atoms. The van der Waals surface area contributed by atoms with Gasteiger partial charge in [-0.3, -0.25) is 0 Å². The summed E-state index contributed by atoms with van der Waals surface area (Å²) < 4.78 is 26.4. The van der Waals surface area contributed by atoms with Crippen LogP contribution in [0.4, 0.5) is 8.78 Å². The van der Waals surface area contributed by atoms with E-state index < -0.39 is 11.6 Å². The van der Waals surface area contributed by atoms with Gasteiger partial charge >= 0.3 is 0 Å². The average Bonchev–Trinajstić information content (AvgIpc) is 2.25. The van der Waals surface area contributed by atoms with Crippen LogP contribution in [0.25, 0.3) is 0 Å². The summed E-state index contributed by atoms with van der Waals surface area (Å²) in [5.74, 6) is -0.978. The Labute approximate surface area is 95.9 Å². The highest BCUT2D eigenvalue weighted by molar-refractivity contribution is 5.22. The van der Waals surface area contributed by atoms with Crippen molar-refractivity contribution in [1.82, 2.24) is 5.32 Å². The summed E-state index contributed by atoms with van der Waals surface area (Å²) in [5.41, 5.74) is 0.566. The van der Waals surface area contributed by atoms with E-state index in [0.29, 0.717) is 5.56 Å². The minimum atomic E-state index is -0.521. The number of halogens is 2. The first-order valence-electron chi connectivity index (χ1n) is 5.87. The molecular formula is C13H19F2N. The van der Waals surface area contributed by atoms with Crippen LogP contribution in [0.15, 0.2) is 18.2 Å². The Morgan fingerprint density at radius 3 is 2.50 bits per heavy atom. The van der Waals surface area contributed by atoms with Crippen molar-refractivity contribution in [3.8, 4) is 0 Å². The first-order valence-corrected chi connectivity index (χ1v) is 5.87. The molecule has 0 radical (unpaired) electrons. The molecule has 1 atom stereocenters. The summed E-state index contributed by atoms with van der Waals surface area (Å²) in [6.07, 6.45) is 2.84. The van der Waals surface area contributed by atoms with Gasteiger partial charge in [0.1, 0.15) is 11.6 Å². The molecule has 0 fully saturated rings. The first kappa shape index (κ1) is 13.1. The van der Waals surface area contributed by atoms with Gasteiger partial charge in [-0.1, -0.05) is 26.3 Å². The number of benzene rings is 1. The van der Waals surface area contributed by atoms with E-state index in [9.17, 15) is 8.78 Å². The van der Waals surface area contributed by atoms with E-state index >= 15 is 0 Å². The molecule has 3 heteroatoms. The van der Waals surface area contributed by atoms with E-state index in [1.54, 1.807) is 0 Å². The molecule has 0 aliphatic rings. The molecule has 0 aliphatic carbocycles. The molecule has 0 aliphatic heterocycles. The first-order chi connectivity index (χ1) is 7.69. The summed E-state index contributed by atoms with van der Waals surface area (Å²) in [7, 11) is 0. The van der Waals surface area contributed by atoms with Crippen molar-refractivity contribution >= 4 is 0 Å². The van der Waals surface area contributed by atoms with Gasteiger partial charge < -0.3 is 5.32 Å². The second kappa shape index (κ2) is 6.59. The third-order valence-corrected chi connectivity index (χ3v) is 2.56. The lowest BCUT2D eigenvalue weighted by Gasteiger charge is -2.18. The van der Waals surface area contributed by atoms with Crippen LogP contribution >= 0.6 is 0 Å². The molecule has 0 saturated carbocycles. The smallest absolute Gasteiger partial charge is 0.130 e. The highest BCUT2D eigenvalue weighted by Gasteiger charge is 2.14. The van der Waals surface area contributed by atoms with Crippen molar-refractivity contribution in [2.24, 2.45) is 0 Å². The predicted molar refractivity (Wildman–Crippen MR) is 62.3 cm³/mol. The maximum atomic E-state index is 13.6. The van der Waals surface area contributed by atoms with Crippen LogP contribution in [0.2, 0.25) is 0 Å². The minimum Gasteiger partial charge on any atom is -0.310 e. The molecule has 1 nitrogen and oxygen atoms in total. The monoisotopic (exact) mass is 227 g/mol. The van der Waals surface area contributed by atoms with Gasteiger partial charge in [-0.15, -0.1) is 0 Å². The van der Waals surface area contributed by atoms with E-state index in [0.717, 1.165) is 31.9 Å². The van der Waals surface area contributed by atoms with E-state index in [-0.39, 0.29) is 6.04 Å². The van der Waals surface area contributed by atoms with Gasteiger partial charge in [0.25, 0.3) is 0 Å². The van der Waals surface area contributed by atoms with Crippen LogP contribution in [0.3, 0.4) is 0 Å². The van der Waals surface area contributed by atoms with Gasteiger partial charge in [0.05, 0.1) is 0 Å². The van der Waals surface area contributed by atoms with Gasteiger partial charge in [0, 0.05) is 17.7 Å². The Morgan fingerprint density at radius 1 is 1.19 bits per heavy atom. The summed E-state index contributed by atoms with van der Waals surface area (Å²) in [4.78, 5) is 0. The van der Waals surface area contributed by atoms with Gasteiger partial charge in [0.2, 0.25) is 0 Å². The summed E-state index contributed by atoms with van der Waals surface area (Å²) in [5, 5.41) is 3.28. The predicted octanol–water partition coefficient (Wildman–Crippen LogP) is 3.81. The molecule has 0 saturated heterocycles. The maximum absolute atomic E-state index is 13.6. The lowest BCUT2D eigenvalue weighted by atomic mass is 10.0. The fourth-order valence-electron chi connectivity index (χ4n) is 1.76. The summed E-state index contributed by atoms with van der Waals surface area (Å²) >= 11 is 0. The van der Waals surface area contributed by atoms with E-state index in [1.807, 2.05) is 0 Å². The highest BCUT2D eigenvalue weighted by atomic mass is 19.1. The van der Waals surface area contributed by atoms with Crippen molar-refractivity contribution in [1.29, 1.82) is 0 Å². The molecule has 1 aromatic rings. The van der Waals surface area contributed by atoms with Crippen LogP contribution in [0.5, 0.6) is 0 Å². The molecule has 1 N–H and O–H groups in total. The molecular weight excluding hydrogens is 208 g/mol. The second-order valence-electron chi connectivity index (χ2n) is 3.96. The maximum Gasteiger partial charge on any atom is 0.130 e. The van der Waals surface area contributed by atoms with Gasteiger partial charge in [-0.2, -0.15) is 0 Å². The van der Waals surface area contributed by atoms with Gasteiger partial charge in [-0.05, 0) is 25.5 Å². The fourth-order valence-corrected chi connectivity index (χ4v) is 1.76. The Bertz CT molecular complexity index is 326. The van der Waals surface area contributed by atoms with Crippen molar-refractivity contribution in [2.75, 3.05) is 6.54 Å². The van der Waals surface area contributed by atoms with E-state index in [4.69, 9.17) is 0 Å². The van der Waals surface area contributed by atoms with Crippen LogP contribution in [0.1, 0.15) is 44.7 Å². The normalized spacial score (nSPS) is 12.8. The van der Waals surface area contributed by atoms with Crippen molar-refractivity contribution in [3.63, 3.8) is 0 Å². The molecule has 0 bridgehead atoms. The molecule has 1 unspecified atom stereocenters. The summed E-state index contributed by atoms with van der Waals surface area (Å²) in [6, 6.07) is 3.79. The highest BCUT2D eigenvalue weighted by Crippen LogP contribution is 2.22. The van der Waals surface area contributed by atoms with Crippen molar-refractivity contribution in [3.05, 3.63) is 35.4 Å². The quantitative estimate of drug-likeness (QED) is 0.779. The Morgan fingerprint density at radius 2 is 1.94 bits per heavy atom. The molecule has 1 rings (SSSR count). The zero-order chi connectivity index (χ0) is 12.0. The Hall–Kier alpha value is -0.960. The third-order valence-electron chi connectivity index (χ3n) is 2.56. The van der Waals surface area contributed by atoms with Gasteiger partial charge in [0.15, 0.2) is 0 Å². The molecule has 0 aromatic heterocycles. The third kappa shape index (κ3) is 3.56. The van der Waals surface area contributed by atoms with Gasteiger partial charge in [-0.25, -0.2) is 8.78 Å². The molecule has 16 heavy (non-hydrogen) atoms. The number of hydrogen-bond acceptors (Lipinski definition) is 1. The molecule has 1 aromatic carbocycles. The lowest BCUT2D eigenvalue weighted by molar-refractivity contribution is 0.465. The van der Waals surface area contributed by atoms with Crippen molar-refractivity contribution in [2.45, 2.75) is 39.2 Å². The van der Waals surface area contributed by atoms with E-state index in [2.05, 4.69) is 19.2 Å². The SMILES string of the molecule is CCCNC(CCC)c1ccc(F)cc1F. The number of rotatable bonds is 6. The number of nitrogens with one attached hydrogen (secondary N) is 1. The van der Waals surface area contributed by atoms with Crippen LogP contribution in [-0.4, -0.2) is 6.54 Å². The average molecular weight is 227 g/mol. The summed E-state index contributed by atoms with van der Waals surface area (Å²) in [6.45, 7) is 4.97. The van der Waals surface area contributed by atoms with Crippen molar-refractivity contribution < 1.29 is 8.78 Å². The van der Waals surface area contributed by atoms with E-state index in [1.165, 1.54) is 12.1 Å². The largest absolute Gasteiger partial charge is 0.310 e. The second-order valence-corrected chi connectivity index (χ2v) is 3.96. The fraction of sp³-hybridized carbons (Fsp3) is 0.538. The standard InChI is InChI=1S/C13H19F2N/c1-3-5-13(16-8-4-2)11-7-6-10(14)9-12(11)15/h6-7,9,13,16H,3-5,8H2,1-2H3. The Kier molecular flexibility index (Phi) is 5.39. The topological polar surface area (TPSA) is 12.0 Å². The van der Waals surface area contributed by atoms with Crippen LogP contribution < -0.4 is 5.32 Å². The molecule has 90 valence electrons.